The van der Waals surface area contributed by atoms with Crippen molar-refractivity contribution in [3.8, 4) is 11.6 Å². The molecule has 112 valence electrons. The first kappa shape index (κ1) is 15.0. The van der Waals surface area contributed by atoms with Crippen molar-refractivity contribution in [2.24, 2.45) is 0 Å². The van der Waals surface area contributed by atoms with Gasteiger partial charge >= 0.3 is 6.18 Å². The van der Waals surface area contributed by atoms with E-state index in [1.807, 2.05) is 6.92 Å². The van der Waals surface area contributed by atoms with E-state index in [1.165, 1.54) is 12.4 Å². The summed E-state index contributed by atoms with van der Waals surface area (Å²) in [4.78, 5) is 7.68. The third-order valence-corrected chi connectivity index (χ3v) is 2.47. The molecule has 21 heavy (non-hydrogen) atoms. The lowest BCUT2D eigenvalue weighted by atomic mass is 10.2. The van der Waals surface area contributed by atoms with Crippen LogP contribution in [-0.2, 0) is 6.18 Å². The highest BCUT2D eigenvalue weighted by Gasteiger charge is 2.34. The highest BCUT2D eigenvalue weighted by molar-refractivity contribution is 5.39. The van der Waals surface area contributed by atoms with Gasteiger partial charge in [0.15, 0.2) is 0 Å². The molecule has 0 saturated heterocycles. The Morgan fingerprint density at radius 2 is 1.95 bits per heavy atom. The van der Waals surface area contributed by atoms with E-state index < -0.39 is 17.6 Å². The molecule has 0 atom stereocenters. The van der Waals surface area contributed by atoms with Gasteiger partial charge in [-0.25, -0.2) is 14.4 Å². The van der Waals surface area contributed by atoms with Crippen molar-refractivity contribution in [3.63, 3.8) is 0 Å². The molecule has 1 N–H and O–H groups in total. The quantitative estimate of drug-likeness (QED) is 0.871. The zero-order valence-corrected chi connectivity index (χ0v) is 10.9. The Balaban J connectivity index is 2.26. The van der Waals surface area contributed by atoms with Crippen molar-refractivity contribution in [1.82, 2.24) is 9.97 Å². The lowest BCUT2D eigenvalue weighted by Crippen LogP contribution is -2.08. The second-order valence-corrected chi connectivity index (χ2v) is 4.01. The van der Waals surface area contributed by atoms with Gasteiger partial charge < -0.3 is 10.1 Å². The predicted octanol–water partition coefficient (Wildman–Crippen LogP) is 3.86. The molecule has 0 spiro atoms. The Morgan fingerprint density at radius 3 is 2.62 bits per heavy atom. The number of nitrogens with zero attached hydrogens (tertiary/aromatic N) is 2. The van der Waals surface area contributed by atoms with E-state index in [4.69, 9.17) is 4.74 Å². The van der Waals surface area contributed by atoms with Gasteiger partial charge in [0.25, 0.3) is 0 Å². The van der Waals surface area contributed by atoms with Gasteiger partial charge in [-0.05, 0) is 25.1 Å². The predicted molar refractivity (Wildman–Crippen MR) is 67.7 cm³/mol. The van der Waals surface area contributed by atoms with Crippen LogP contribution in [0.25, 0.3) is 0 Å². The van der Waals surface area contributed by atoms with Crippen LogP contribution in [0.3, 0.4) is 0 Å². The van der Waals surface area contributed by atoms with Crippen LogP contribution in [0.5, 0.6) is 11.6 Å². The molecule has 2 rings (SSSR count). The highest BCUT2D eigenvalue weighted by atomic mass is 19.4. The number of alkyl halides is 3. The summed E-state index contributed by atoms with van der Waals surface area (Å²) in [6.07, 6.45) is -3.58. The maximum absolute atomic E-state index is 13.2. The first-order chi connectivity index (χ1) is 9.90. The number of halogens is 4. The fraction of sp³-hybridized carbons (Fsp3) is 0.231. The molecule has 0 fully saturated rings. The largest absolute Gasteiger partial charge is 0.439 e. The third-order valence-electron chi connectivity index (χ3n) is 2.47. The molecule has 0 saturated carbocycles. The number of rotatable bonds is 4. The van der Waals surface area contributed by atoms with Gasteiger partial charge in [-0.2, -0.15) is 13.2 Å². The number of nitrogens with one attached hydrogen (secondary N) is 1. The molecule has 0 radical (unpaired) electrons. The van der Waals surface area contributed by atoms with Crippen LogP contribution in [0, 0.1) is 5.82 Å². The minimum Gasteiger partial charge on any atom is -0.439 e. The molecule has 0 aliphatic rings. The Kier molecular flexibility index (Phi) is 4.25. The van der Waals surface area contributed by atoms with Crippen LogP contribution in [0.4, 0.5) is 23.4 Å². The molecule has 1 aromatic carbocycles. The fourth-order valence-corrected chi connectivity index (χ4v) is 1.58. The topological polar surface area (TPSA) is 47.0 Å². The number of anilines is 1. The molecule has 2 aromatic rings. The molecule has 1 aromatic heterocycles. The van der Waals surface area contributed by atoms with E-state index >= 15 is 0 Å². The fourth-order valence-electron chi connectivity index (χ4n) is 1.58. The summed E-state index contributed by atoms with van der Waals surface area (Å²) in [5.74, 6) is -0.989. The summed E-state index contributed by atoms with van der Waals surface area (Å²) in [7, 11) is 0. The number of ether oxygens (including phenoxy) is 1. The minimum absolute atomic E-state index is 0.0562. The SMILES string of the molecule is CCNc1cc(Oc2ccc(F)c(C(F)(F)F)c2)ncn1. The van der Waals surface area contributed by atoms with E-state index in [1.54, 1.807) is 0 Å². The van der Waals surface area contributed by atoms with E-state index in [-0.39, 0.29) is 11.6 Å². The van der Waals surface area contributed by atoms with Gasteiger partial charge in [0.1, 0.15) is 23.7 Å². The minimum atomic E-state index is -4.79. The summed E-state index contributed by atoms with van der Waals surface area (Å²) >= 11 is 0. The summed E-state index contributed by atoms with van der Waals surface area (Å²) in [5, 5.41) is 2.91. The summed E-state index contributed by atoms with van der Waals surface area (Å²) in [6, 6.07) is 3.81. The van der Waals surface area contributed by atoms with Gasteiger partial charge in [-0.3, -0.25) is 0 Å². The maximum atomic E-state index is 13.2. The highest BCUT2D eigenvalue weighted by Crippen LogP contribution is 2.34. The molecular formula is C13H11F4N3O. The standard InChI is InChI=1S/C13H11F4N3O/c1-2-18-11-6-12(20-7-19-11)21-8-3-4-10(14)9(5-8)13(15,16)17/h3-7H,2H2,1H3,(H,18,19,20). The number of benzene rings is 1. The third kappa shape index (κ3) is 3.80. The Bertz CT molecular complexity index is 631. The first-order valence-electron chi connectivity index (χ1n) is 6.00. The average molecular weight is 301 g/mol. The number of hydrogen-bond acceptors (Lipinski definition) is 4. The van der Waals surface area contributed by atoms with Crippen LogP contribution in [0.15, 0.2) is 30.6 Å². The lowest BCUT2D eigenvalue weighted by Gasteiger charge is -2.11. The van der Waals surface area contributed by atoms with E-state index in [9.17, 15) is 17.6 Å². The number of hydrogen-bond donors (Lipinski definition) is 1. The Morgan fingerprint density at radius 1 is 1.19 bits per heavy atom. The summed E-state index contributed by atoms with van der Waals surface area (Å²) in [6.45, 7) is 2.48. The van der Waals surface area contributed by atoms with E-state index in [0.29, 0.717) is 24.5 Å². The number of aromatic nitrogens is 2. The Hall–Kier alpha value is -2.38. The first-order valence-corrected chi connectivity index (χ1v) is 6.00. The van der Waals surface area contributed by atoms with Crippen LogP contribution in [-0.4, -0.2) is 16.5 Å². The van der Waals surface area contributed by atoms with Gasteiger partial charge in [0, 0.05) is 12.6 Å². The molecule has 0 amide bonds. The molecule has 0 aliphatic carbocycles. The van der Waals surface area contributed by atoms with Crippen LogP contribution >= 0.6 is 0 Å². The van der Waals surface area contributed by atoms with Crippen molar-refractivity contribution in [3.05, 3.63) is 42.0 Å². The second-order valence-electron chi connectivity index (χ2n) is 4.01. The lowest BCUT2D eigenvalue weighted by molar-refractivity contribution is -0.140. The van der Waals surface area contributed by atoms with E-state index in [0.717, 1.165) is 6.07 Å². The van der Waals surface area contributed by atoms with Crippen molar-refractivity contribution in [2.75, 3.05) is 11.9 Å². The normalized spacial score (nSPS) is 11.3. The molecule has 8 heteroatoms. The van der Waals surface area contributed by atoms with Gasteiger partial charge in [0.2, 0.25) is 5.88 Å². The van der Waals surface area contributed by atoms with Crippen LogP contribution < -0.4 is 10.1 Å². The van der Waals surface area contributed by atoms with Crippen molar-refractivity contribution < 1.29 is 22.3 Å². The zero-order valence-electron chi connectivity index (χ0n) is 10.9. The van der Waals surface area contributed by atoms with E-state index in [2.05, 4.69) is 15.3 Å². The molecular weight excluding hydrogens is 290 g/mol. The van der Waals surface area contributed by atoms with Crippen molar-refractivity contribution in [1.29, 1.82) is 0 Å². The average Bonchev–Trinajstić information content (AvgIpc) is 2.40. The summed E-state index contributed by atoms with van der Waals surface area (Å²) in [5.41, 5.74) is -1.39. The molecule has 0 unspecified atom stereocenters. The van der Waals surface area contributed by atoms with Crippen LogP contribution in [0.2, 0.25) is 0 Å². The van der Waals surface area contributed by atoms with Gasteiger partial charge in [0.05, 0.1) is 5.56 Å². The van der Waals surface area contributed by atoms with Gasteiger partial charge in [-0.15, -0.1) is 0 Å². The van der Waals surface area contributed by atoms with Crippen molar-refractivity contribution in [2.45, 2.75) is 13.1 Å². The van der Waals surface area contributed by atoms with Gasteiger partial charge in [-0.1, -0.05) is 0 Å². The molecule has 0 aliphatic heterocycles. The second kappa shape index (κ2) is 5.94. The van der Waals surface area contributed by atoms with Crippen LogP contribution in [0.1, 0.15) is 12.5 Å². The smallest absolute Gasteiger partial charge is 0.419 e. The molecule has 4 nitrogen and oxygen atoms in total. The van der Waals surface area contributed by atoms with Crippen molar-refractivity contribution >= 4 is 5.82 Å². The summed E-state index contributed by atoms with van der Waals surface area (Å²) < 4.78 is 56.2. The maximum Gasteiger partial charge on any atom is 0.419 e. The Labute approximate surface area is 117 Å². The zero-order chi connectivity index (χ0) is 15.5. The monoisotopic (exact) mass is 301 g/mol. The molecule has 0 bridgehead atoms. The molecule has 1 heterocycles.